The topological polar surface area (TPSA) is 49.9 Å². The summed E-state index contributed by atoms with van der Waals surface area (Å²) in [6.07, 6.45) is -0.0175. The predicted molar refractivity (Wildman–Crippen MR) is 73.7 cm³/mol. The lowest BCUT2D eigenvalue weighted by atomic mass is 10.1. The number of amides is 2. The average molecular weight is 270 g/mol. The van der Waals surface area contributed by atoms with Crippen LogP contribution in [0.15, 0.2) is 0 Å². The summed E-state index contributed by atoms with van der Waals surface area (Å²) in [6.45, 7) is 10.3. The third-order valence-electron chi connectivity index (χ3n) is 3.55. The van der Waals surface area contributed by atoms with Gasteiger partial charge in [-0.3, -0.25) is 9.59 Å². The zero-order valence-corrected chi connectivity index (χ0v) is 12.8. The number of morpholine rings is 1. The first-order chi connectivity index (χ1) is 8.75. The maximum atomic E-state index is 12.4. The van der Waals surface area contributed by atoms with Crippen LogP contribution in [0.5, 0.6) is 0 Å². The Kier molecular flexibility index (Phi) is 5.35. The van der Waals surface area contributed by atoms with Gasteiger partial charge in [-0.15, -0.1) is 0 Å². The average Bonchev–Trinajstić information content (AvgIpc) is 2.35. The van der Waals surface area contributed by atoms with E-state index in [1.807, 2.05) is 34.6 Å². The highest BCUT2D eigenvalue weighted by molar-refractivity contribution is 5.88. The molecule has 0 aromatic rings. The van der Waals surface area contributed by atoms with Gasteiger partial charge in [0.15, 0.2) is 0 Å². The number of carbonyl (C=O) groups is 2. The second-order valence-electron chi connectivity index (χ2n) is 5.85. The van der Waals surface area contributed by atoms with Gasteiger partial charge in [0.1, 0.15) is 6.04 Å². The van der Waals surface area contributed by atoms with Crippen LogP contribution >= 0.6 is 0 Å². The van der Waals surface area contributed by atoms with Crippen molar-refractivity contribution < 1.29 is 14.3 Å². The van der Waals surface area contributed by atoms with E-state index in [1.165, 1.54) is 0 Å². The van der Waals surface area contributed by atoms with Crippen molar-refractivity contribution >= 4 is 11.8 Å². The SMILES string of the molecule is CC1CN(C(=O)C(C)C)C(C(=O)N(C)C(C)C)CO1. The van der Waals surface area contributed by atoms with Gasteiger partial charge in [-0.05, 0) is 20.8 Å². The molecule has 5 heteroatoms. The summed E-state index contributed by atoms with van der Waals surface area (Å²) in [7, 11) is 1.77. The second kappa shape index (κ2) is 6.37. The zero-order chi connectivity index (χ0) is 14.7. The van der Waals surface area contributed by atoms with Gasteiger partial charge in [-0.2, -0.15) is 0 Å². The first kappa shape index (κ1) is 16.0. The molecular weight excluding hydrogens is 244 g/mol. The number of ether oxygens (including phenoxy) is 1. The van der Waals surface area contributed by atoms with Crippen molar-refractivity contribution in [3.05, 3.63) is 0 Å². The monoisotopic (exact) mass is 270 g/mol. The third-order valence-corrected chi connectivity index (χ3v) is 3.55. The Morgan fingerprint density at radius 1 is 1.26 bits per heavy atom. The fourth-order valence-corrected chi connectivity index (χ4v) is 2.07. The number of rotatable bonds is 3. The molecule has 1 fully saturated rings. The Hall–Kier alpha value is -1.10. The molecular formula is C14H26N2O3. The normalized spacial score (nSPS) is 23.9. The van der Waals surface area contributed by atoms with Gasteiger partial charge < -0.3 is 14.5 Å². The molecule has 1 rings (SSSR count). The highest BCUT2D eigenvalue weighted by Crippen LogP contribution is 2.17. The van der Waals surface area contributed by atoms with Gasteiger partial charge in [0.2, 0.25) is 11.8 Å². The van der Waals surface area contributed by atoms with E-state index in [0.717, 1.165) is 0 Å². The van der Waals surface area contributed by atoms with E-state index in [9.17, 15) is 9.59 Å². The highest BCUT2D eigenvalue weighted by atomic mass is 16.5. The minimum absolute atomic E-state index is 0.0175. The minimum atomic E-state index is -0.488. The quantitative estimate of drug-likeness (QED) is 0.772. The summed E-state index contributed by atoms with van der Waals surface area (Å²) in [4.78, 5) is 28.0. The van der Waals surface area contributed by atoms with Crippen molar-refractivity contribution in [2.45, 2.75) is 52.8 Å². The predicted octanol–water partition coefficient (Wildman–Crippen LogP) is 1.13. The van der Waals surface area contributed by atoms with Crippen LogP contribution in [0, 0.1) is 5.92 Å². The van der Waals surface area contributed by atoms with Crippen molar-refractivity contribution in [3.8, 4) is 0 Å². The maximum absolute atomic E-state index is 12.4. The molecule has 0 aromatic carbocycles. The zero-order valence-electron chi connectivity index (χ0n) is 12.8. The van der Waals surface area contributed by atoms with Crippen LogP contribution in [0.2, 0.25) is 0 Å². The van der Waals surface area contributed by atoms with Crippen LogP contribution in [0.3, 0.4) is 0 Å². The molecule has 2 unspecified atom stereocenters. The second-order valence-corrected chi connectivity index (χ2v) is 5.85. The fourth-order valence-electron chi connectivity index (χ4n) is 2.07. The van der Waals surface area contributed by atoms with Crippen LogP contribution in [0.4, 0.5) is 0 Å². The van der Waals surface area contributed by atoms with Gasteiger partial charge in [-0.25, -0.2) is 0 Å². The van der Waals surface area contributed by atoms with Crippen molar-refractivity contribution in [3.63, 3.8) is 0 Å². The molecule has 110 valence electrons. The third kappa shape index (κ3) is 3.69. The summed E-state index contributed by atoms with van der Waals surface area (Å²) in [5.74, 6) is -0.133. The van der Waals surface area contributed by atoms with Crippen LogP contribution < -0.4 is 0 Å². The molecule has 2 amide bonds. The molecule has 1 heterocycles. The maximum Gasteiger partial charge on any atom is 0.247 e. The Morgan fingerprint density at radius 2 is 1.84 bits per heavy atom. The van der Waals surface area contributed by atoms with Crippen molar-refractivity contribution in [1.29, 1.82) is 0 Å². The molecule has 0 N–H and O–H groups in total. The van der Waals surface area contributed by atoms with Gasteiger partial charge >= 0.3 is 0 Å². The number of nitrogens with zero attached hydrogens (tertiary/aromatic N) is 2. The molecule has 0 bridgehead atoms. The molecule has 0 radical (unpaired) electrons. The molecule has 19 heavy (non-hydrogen) atoms. The van der Waals surface area contributed by atoms with Gasteiger partial charge in [0.05, 0.1) is 12.7 Å². The number of hydrogen-bond donors (Lipinski definition) is 0. The molecule has 0 saturated carbocycles. The summed E-state index contributed by atoms with van der Waals surface area (Å²) in [5, 5.41) is 0. The summed E-state index contributed by atoms with van der Waals surface area (Å²) in [6, 6.07) is -0.374. The van der Waals surface area contributed by atoms with Crippen LogP contribution in [0.25, 0.3) is 0 Å². The summed E-state index contributed by atoms with van der Waals surface area (Å²) in [5.41, 5.74) is 0. The van der Waals surface area contributed by atoms with Crippen molar-refractivity contribution in [1.82, 2.24) is 9.80 Å². The van der Waals surface area contributed by atoms with E-state index in [2.05, 4.69) is 0 Å². The lowest BCUT2D eigenvalue weighted by Crippen LogP contribution is -2.59. The lowest BCUT2D eigenvalue weighted by molar-refractivity contribution is -0.160. The molecule has 0 aliphatic carbocycles. The molecule has 0 aromatic heterocycles. The van der Waals surface area contributed by atoms with E-state index in [-0.39, 0.29) is 36.5 Å². The first-order valence-corrected chi connectivity index (χ1v) is 6.94. The summed E-state index contributed by atoms with van der Waals surface area (Å²) >= 11 is 0. The van der Waals surface area contributed by atoms with Crippen molar-refractivity contribution in [2.75, 3.05) is 20.2 Å². The Bertz CT molecular complexity index is 342. The van der Waals surface area contributed by atoms with E-state index in [4.69, 9.17) is 4.74 Å². The van der Waals surface area contributed by atoms with E-state index >= 15 is 0 Å². The first-order valence-electron chi connectivity index (χ1n) is 6.94. The van der Waals surface area contributed by atoms with Gasteiger partial charge in [-0.1, -0.05) is 13.8 Å². The Labute approximate surface area is 115 Å². The van der Waals surface area contributed by atoms with Crippen LogP contribution in [-0.2, 0) is 14.3 Å². The number of likely N-dealkylation sites (N-methyl/N-ethyl adjacent to an activating group) is 1. The molecule has 1 aliphatic rings. The highest BCUT2D eigenvalue weighted by Gasteiger charge is 2.37. The fraction of sp³-hybridized carbons (Fsp3) is 0.857. The van der Waals surface area contributed by atoms with E-state index in [0.29, 0.717) is 6.54 Å². The molecule has 5 nitrogen and oxygen atoms in total. The van der Waals surface area contributed by atoms with E-state index < -0.39 is 6.04 Å². The van der Waals surface area contributed by atoms with Crippen LogP contribution in [0.1, 0.15) is 34.6 Å². The van der Waals surface area contributed by atoms with E-state index in [1.54, 1.807) is 16.8 Å². The molecule has 1 saturated heterocycles. The number of hydrogen-bond acceptors (Lipinski definition) is 3. The lowest BCUT2D eigenvalue weighted by Gasteiger charge is -2.40. The minimum Gasteiger partial charge on any atom is -0.374 e. The largest absolute Gasteiger partial charge is 0.374 e. The Morgan fingerprint density at radius 3 is 2.32 bits per heavy atom. The summed E-state index contributed by atoms with van der Waals surface area (Å²) < 4.78 is 5.56. The smallest absolute Gasteiger partial charge is 0.247 e. The van der Waals surface area contributed by atoms with Crippen molar-refractivity contribution in [2.24, 2.45) is 5.92 Å². The number of carbonyl (C=O) groups excluding carboxylic acids is 2. The molecule has 0 spiro atoms. The Balaban J connectivity index is 2.89. The molecule has 1 aliphatic heterocycles. The standard InChI is InChI=1S/C14H26N2O3/c1-9(2)13(17)16-7-11(5)19-8-12(16)14(18)15(6)10(3)4/h9-12H,7-8H2,1-6H3. The van der Waals surface area contributed by atoms with Gasteiger partial charge in [0.25, 0.3) is 0 Å². The molecule has 2 atom stereocenters. The van der Waals surface area contributed by atoms with Crippen LogP contribution in [-0.4, -0.2) is 60.0 Å². The van der Waals surface area contributed by atoms with Gasteiger partial charge in [0, 0.05) is 25.6 Å².